The first-order chi connectivity index (χ1) is 8.03. The molecule has 1 N–H and O–H groups in total. The zero-order valence-electron chi connectivity index (χ0n) is 11.6. The summed E-state index contributed by atoms with van der Waals surface area (Å²) in [7, 11) is 0. The molecule has 2 heteroatoms. The number of aliphatic hydroxyl groups is 1. The molecule has 2 fully saturated rings. The molecule has 3 atom stereocenters. The van der Waals surface area contributed by atoms with E-state index in [-0.39, 0.29) is 12.2 Å². The van der Waals surface area contributed by atoms with Crippen LogP contribution in [-0.4, -0.2) is 23.4 Å². The molecule has 0 spiro atoms. The Kier molecular flexibility index (Phi) is 4.14. The Morgan fingerprint density at radius 3 is 2.41 bits per heavy atom. The van der Waals surface area contributed by atoms with Gasteiger partial charge in [-0.15, -0.1) is 0 Å². The summed E-state index contributed by atoms with van der Waals surface area (Å²) in [6, 6.07) is 0. The summed E-state index contributed by atoms with van der Waals surface area (Å²) in [5.74, 6) is 0.709. The average Bonchev–Trinajstić information content (AvgIpc) is 2.25. The number of ether oxygens (including phenoxy) is 1. The van der Waals surface area contributed by atoms with E-state index in [1.165, 1.54) is 25.7 Å². The lowest BCUT2D eigenvalue weighted by molar-refractivity contribution is -0.133. The fourth-order valence-corrected chi connectivity index (χ4v) is 3.01. The van der Waals surface area contributed by atoms with Crippen LogP contribution in [0.5, 0.6) is 0 Å². The molecule has 2 aliphatic carbocycles. The van der Waals surface area contributed by atoms with Crippen molar-refractivity contribution in [2.75, 3.05) is 0 Å². The van der Waals surface area contributed by atoms with Crippen LogP contribution >= 0.6 is 0 Å². The Morgan fingerprint density at radius 1 is 1.18 bits per heavy atom. The van der Waals surface area contributed by atoms with Gasteiger partial charge in [-0.3, -0.25) is 0 Å². The maximum atomic E-state index is 10.1. The smallest absolute Gasteiger partial charge is 0.0840 e. The first kappa shape index (κ1) is 13.4. The predicted molar refractivity (Wildman–Crippen MR) is 69.9 cm³/mol. The third-order valence-corrected chi connectivity index (χ3v) is 5.19. The van der Waals surface area contributed by atoms with Crippen LogP contribution in [-0.2, 0) is 4.74 Å². The third-order valence-electron chi connectivity index (χ3n) is 5.19. The topological polar surface area (TPSA) is 29.5 Å². The molecule has 3 unspecified atom stereocenters. The minimum absolute atomic E-state index is 0.102. The van der Waals surface area contributed by atoms with Crippen molar-refractivity contribution in [2.45, 2.75) is 84.0 Å². The van der Waals surface area contributed by atoms with Crippen LogP contribution in [0.25, 0.3) is 0 Å². The van der Waals surface area contributed by atoms with Gasteiger partial charge >= 0.3 is 0 Å². The Morgan fingerprint density at radius 2 is 1.88 bits per heavy atom. The molecule has 100 valence electrons. The van der Waals surface area contributed by atoms with Gasteiger partial charge in [0.1, 0.15) is 0 Å². The largest absolute Gasteiger partial charge is 0.390 e. The van der Waals surface area contributed by atoms with Gasteiger partial charge in [-0.05, 0) is 49.9 Å². The van der Waals surface area contributed by atoms with E-state index >= 15 is 0 Å². The minimum atomic E-state index is -0.223. The molecule has 0 aromatic heterocycles. The fourth-order valence-electron chi connectivity index (χ4n) is 3.01. The second-order valence-corrected chi connectivity index (χ2v) is 6.65. The van der Waals surface area contributed by atoms with Crippen molar-refractivity contribution in [1.29, 1.82) is 0 Å². The normalized spacial score (nSPS) is 35.6. The van der Waals surface area contributed by atoms with Crippen molar-refractivity contribution >= 4 is 0 Å². The van der Waals surface area contributed by atoms with E-state index in [1.54, 1.807) is 0 Å². The van der Waals surface area contributed by atoms with Gasteiger partial charge in [0.2, 0.25) is 0 Å². The van der Waals surface area contributed by atoms with Gasteiger partial charge in [-0.2, -0.15) is 0 Å². The third kappa shape index (κ3) is 3.03. The Hall–Kier alpha value is -0.0800. The van der Waals surface area contributed by atoms with Crippen molar-refractivity contribution in [2.24, 2.45) is 11.3 Å². The van der Waals surface area contributed by atoms with Crippen LogP contribution < -0.4 is 0 Å². The summed E-state index contributed by atoms with van der Waals surface area (Å²) in [4.78, 5) is 0. The van der Waals surface area contributed by atoms with Gasteiger partial charge in [-0.25, -0.2) is 0 Å². The van der Waals surface area contributed by atoms with Crippen molar-refractivity contribution in [3.8, 4) is 0 Å². The average molecular weight is 240 g/mol. The summed E-state index contributed by atoms with van der Waals surface area (Å²) >= 11 is 0. The van der Waals surface area contributed by atoms with E-state index in [2.05, 4.69) is 20.8 Å². The lowest BCUT2D eigenvalue weighted by atomic mass is 9.68. The van der Waals surface area contributed by atoms with Gasteiger partial charge < -0.3 is 9.84 Å². The molecule has 2 nitrogen and oxygen atoms in total. The highest BCUT2D eigenvalue weighted by molar-refractivity contribution is 4.88. The zero-order chi connectivity index (χ0) is 12.5. The summed E-state index contributed by atoms with van der Waals surface area (Å²) < 4.78 is 6.06. The molecule has 0 saturated heterocycles. The van der Waals surface area contributed by atoms with Crippen molar-refractivity contribution in [3.63, 3.8) is 0 Å². The van der Waals surface area contributed by atoms with Gasteiger partial charge in [0.15, 0.2) is 0 Å². The van der Waals surface area contributed by atoms with Gasteiger partial charge in [-0.1, -0.05) is 27.2 Å². The Labute approximate surface area is 106 Å². The maximum Gasteiger partial charge on any atom is 0.0840 e. The van der Waals surface area contributed by atoms with Crippen molar-refractivity contribution in [3.05, 3.63) is 0 Å². The number of rotatable bonds is 4. The summed E-state index contributed by atoms with van der Waals surface area (Å²) in [6.07, 6.45) is 8.37. The first-order valence-corrected chi connectivity index (χ1v) is 7.36. The highest BCUT2D eigenvalue weighted by Gasteiger charge is 2.38. The monoisotopic (exact) mass is 240 g/mol. The second-order valence-electron chi connectivity index (χ2n) is 6.65. The maximum absolute atomic E-state index is 10.1. The molecular formula is C15H28O2. The van der Waals surface area contributed by atoms with E-state index in [0.717, 1.165) is 19.3 Å². The first-order valence-electron chi connectivity index (χ1n) is 7.36. The van der Waals surface area contributed by atoms with Crippen LogP contribution in [0.4, 0.5) is 0 Å². The Balaban J connectivity index is 1.91. The second kappa shape index (κ2) is 5.27. The number of aliphatic hydroxyl groups excluding tert-OH is 1. The molecule has 17 heavy (non-hydrogen) atoms. The van der Waals surface area contributed by atoms with Gasteiger partial charge in [0.25, 0.3) is 0 Å². The minimum Gasteiger partial charge on any atom is -0.390 e. The standard InChI is InChI=1S/C15H28O2/c1-4-15(2,3)11-8-9-13(16)14(10-11)17-12-6-5-7-12/h11-14,16H,4-10H2,1-3H3. The summed E-state index contributed by atoms with van der Waals surface area (Å²) in [5.41, 5.74) is 0.390. The Bertz CT molecular complexity index is 245. The highest BCUT2D eigenvalue weighted by Crippen LogP contribution is 2.42. The lowest BCUT2D eigenvalue weighted by Gasteiger charge is -2.43. The van der Waals surface area contributed by atoms with E-state index in [1.807, 2.05) is 0 Å². The van der Waals surface area contributed by atoms with Crippen molar-refractivity contribution in [1.82, 2.24) is 0 Å². The van der Waals surface area contributed by atoms with Crippen LogP contribution in [0, 0.1) is 11.3 Å². The molecule has 0 aliphatic heterocycles. The molecule has 2 aliphatic rings. The van der Waals surface area contributed by atoms with Crippen LogP contribution in [0.1, 0.15) is 65.7 Å². The lowest BCUT2D eigenvalue weighted by Crippen LogP contribution is -2.43. The molecule has 0 aromatic rings. The zero-order valence-corrected chi connectivity index (χ0v) is 11.6. The molecular weight excluding hydrogens is 212 g/mol. The van der Waals surface area contributed by atoms with Gasteiger partial charge in [0.05, 0.1) is 18.3 Å². The molecule has 0 amide bonds. The van der Waals surface area contributed by atoms with Crippen LogP contribution in [0.2, 0.25) is 0 Å². The number of hydrogen-bond acceptors (Lipinski definition) is 2. The van der Waals surface area contributed by atoms with E-state index in [0.29, 0.717) is 17.4 Å². The van der Waals surface area contributed by atoms with Gasteiger partial charge in [0, 0.05) is 0 Å². The van der Waals surface area contributed by atoms with E-state index in [9.17, 15) is 5.11 Å². The van der Waals surface area contributed by atoms with E-state index in [4.69, 9.17) is 4.74 Å². The molecule has 0 aromatic carbocycles. The summed E-state index contributed by atoms with van der Waals surface area (Å²) in [6.45, 7) is 6.98. The molecule has 2 rings (SSSR count). The van der Waals surface area contributed by atoms with Crippen LogP contribution in [0.15, 0.2) is 0 Å². The number of hydrogen-bond donors (Lipinski definition) is 1. The highest BCUT2D eigenvalue weighted by atomic mass is 16.5. The van der Waals surface area contributed by atoms with Crippen LogP contribution in [0.3, 0.4) is 0 Å². The predicted octanol–water partition coefficient (Wildman–Crippen LogP) is 3.52. The van der Waals surface area contributed by atoms with Crippen molar-refractivity contribution < 1.29 is 9.84 Å². The SMILES string of the molecule is CCC(C)(C)C1CCC(O)C(OC2CCC2)C1. The van der Waals surface area contributed by atoms with E-state index < -0.39 is 0 Å². The fraction of sp³-hybridized carbons (Fsp3) is 1.00. The molecule has 0 bridgehead atoms. The molecule has 0 radical (unpaired) electrons. The summed E-state index contributed by atoms with van der Waals surface area (Å²) in [5, 5.41) is 10.1. The molecule has 0 heterocycles. The molecule has 2 saturated carbocycles. The quantitative estimate of drug-likeness (QED) is 0.814.